The van der Waals surface area contributed by atoms with E-state index in [1.54, 1.807) is 24.3 Å². The normalized spacial score (nSPS) is 14.4. The fourth-order valence-electron chi connectivity index (χ4n) is 3.03. The molecule has 138 valence electrons. The SMILES string of the molecule is CC(NC(=O)c1cc2ccccc2oc1=O)c1ccc2c(c1)OCCCO2. The molecular weight excluding hydrogens is 346 g/mol. The highest BCUT2D eigenvalue weighted by atomic mass is 16.5. The fraction of sp³-hybridized carbons (Fsp3) is 0.238. The summed E-state index contributed by atoms with van der Waals surface area (Å²) in [6.45, 7) is 3.06. The van der Waals surface area contributed by atoms with Crippen LogP contribution in [0.1, 0.15) is 35.3 Å². The van der Waals surface area contributed by atoms with Gasteiger partial charge >= 0.3 is 5.63 Å². The standard InChI is InChI=1S/C21H19NO5/c1-13(14-7-8-18-19(12-14)26-10-4-9-25-18)22-20(23)16-11-15-5-2-3-6-17(15)27-21(16)24/h2-3,5-8,11-13H,4,9-10H2,1H3,(H,22,23). The first-order valence-electron chi connectivity index (χ1n) is 8.85. The zero-order valence-corrected chi connectivity index (χ0v) is 14.9. The van der Waals surface area contributed by atoms with E-state index in [-0.39, 0.29) is 11.6 Å². The van der Waals surface area contributed by atoms with Crippen LogP contribution in [0.4, 0.5) is 0 Å². The van der Waals surface area contributed by atoms with Crippen molar-refractivity contribution >= 4 is 16.9 Å². The van der Waals surface area contributed by atoms with Gasteiger partial charge in [-0.2, -0.15) is 0 Å². The molecule has 4 rings (SSSR count). The molecule has 0 aliphatic carbocycles. The largest absolute Gasteiger partial charge is 0.490 e. The number of ether oxygens (including phenoxy) is 2. The molecule has 1 aromatic heterocycles. The van der Waals surface area contributed by atoms with E-state index in [9.17, 15) is 9.59 Å². The third-order valence-electron chi connectivity index (χ3n) is 4.51. The summed E-state index contributed by atoms with van der Waals surface area (Å²) in [5, 5.41) is 3.54. The third kappa shape index (κ3) is 3.51. The number of amides is 1. The Hall–Kier alpha value is -3.28. The van der Waals surface area contributed by atoms with Crippen LogP contribution < -0.4 is 20.4 Å². The van der Waals surface area contributed by atoms with E-state index < -0.39 is 11.5 Å². The van der Waals surface area contributed by atoms with Crippen LogP contribution in [0, 0.1) is 0 Å². The van der Waals surface area contributed by atoms with Crippen molar-refractivity contribution in [3.8, 4) is 11.5 Å². The predicted octanol–water partition coefficient (Wildman–Crippen LogP) is 3.45. The van der Waals surface area contributed by atoms with Crippen LogP contribution in [0.25, 0.3) is 11.0 Å². The van der Waals surface area contributed by atoms with Crippen molar-refractivity contribution in [2.45, 2.75) is 19.4 Å². The molecule has 0 saturated carbocycles. The van der Waals surface area contributed by atoms with Gasteiger partial charge in [-0.15, -0.1) is 0 Å². The minimum atomic E-state index is -0.655. The van der Waals surface area contributed by atoms with Gasteiger partial charge in [-0.3, -0.25) is 4.79 Å². The van der Waals surface area contributed by atoms with Crippen LogP contribution in [-0.4, -0.2) is 19.1 Å². The van der Waals surface area contributed by atoms with Gasteiger partial charge in [0.25, 0.3) is 5.91 Å². The lowest BCUT2D eigenvalue weighted by Gasteiger charge is -2.16. The molecule has 3 aromatic rings. The van der Waals surface area contributed by atoms with Gasteiger partial charge in [0, 0.05) is 11.8 Å². The van der Waals surface area contributed by atoms with Gasteiger partial charge in [0.2, 0.25) is 0 Å². The van der Waals surface area contributed by atoms with E-state index in [1.165, 1.54) is 0 Å². The Morgan fingerprint density at radius 2 is 1.81 bits per heavy atom. The molecular formula is C21H19NO5. The summed E-state index contributed by atoms with van der Waals surface area (Å²) < 4.78 is 16.6. The number of hydrogen-bond donors (Lipinski definition) is 1. The minimum absolute atomic E-state index is 0.0186. The smallest absolute Gasteiger partial charge is 0.349 e. The first-order valence-corrected chi connectivity index (χ1v) is 8.85. The maximum Gasteiger partial charge on any atom is 0.349 e. The number of nitrogens with one attached hydrogen (secondary N) is 1. The number of rotatable bonds is 3. The molecule has 27 heavy (non-hydrogen) atoms. The second kappa shape index (κ2) is 7.15. The Balaban J connectivity index is 1.57. The maximum atomic E-state index is 12.6. The second-order valence-corrected chi connectivity index (χ2v) is 6.44. The molecule has 1 N–H and O–H groups in total. The molecule has 1 aliphatic heterocycles. The number of benzene rings is 2. The van der Waals surface area contributed by atoms with Crippen molar-refractivity contribution in [3.63, 3.8) is 0 Å². The topological polar surface area (TPSA) is 77.8 Å². The molecule has 0 bridgehead atoms. The Morgan fingerprint density at radius 1 is 1.04 bits per heavy atom. The molecule has 0 radical (unpaired) electrons. The number of hydrogen-bond acceptors (Lipinski definition) is 5. The van der Waals surface area contributed by atoms with Crippen LogP contribution in [0.3, 0.4) is 0 Å². The molecule has 1 unspecified atom stereocenters. The van der Waals surface area contributed by atoms with Crippen molar-refractivity contribution in [2.75, 3.05) is 13.2 Å². The molecule has 2 aromatic carbocycles. The van der Waals surface area contributed by atoms with E-state index in [1.807, 2.05) is 31.2 Å². The molecule has 0 spiro atoms. The Bertz CT molecular complexity index is 1060. The van der Waals surface area contributed by atoms with E-state index >= 15 is 0 Å². The first-order chi connectivity index (χ1) is 13.1. The number of para-hydroxylation sites is 1. The highest BCUT2D eigenvalue weighted by Gasteiger charge is 2.18. The molecule has 1 atom stereocenters. The lowest BCUT2D eigenvalue weighted by molar-refractivity contribution is 0.0936. The van der Waals surface area contributed by atoms with Crippen LogP contribution in [0.15, 0.2) is 57.7 Å². The minimum Gasteiger partial charge on any atom is -0.490 e. The highest BCUT2D eigenvalue weighted by Crippen LogP contribution is 2.32. The quantitative estimate of drug-likeness (QED) is 0.720. The van der Waals surface area contributed by atoms with Crippen LogP contribution >= 0.6 is 0 Å². The van der Waals surface area contributed by atoms with Crippen molar-refractivity contribution in [3.05, 3.63) is 70.1 Å². The van der Waals surface area contributed by atoms with Gasteiger partial charge in [0.15, 0.2) is 11.5 Å². The molecule has 1 amide bonds. The third-order valence-corrected chi connectivity index (χ3v) is 4.51. The van der Waals surface area contributed by atoms with Gasteiger partial charge in [-0.25, -0.2) is 4.79 Å². The summed E-state index contributed by atoms with van der Waals surface area (Å²) >= 11 is 0. The Morgan fingerprint density at radius 3 is 2.67 bits per heavy atom. The van der Waals surface area contributed by atoms with E-state index in [0.29, 0.717) is 35.7 Å². The van der Waals surface area contributed by atoms with Crippen molar-refractivity contribution in [2.24, 2.45) is 0 Å². The zero-order valence-electron chi connectivity index (χ0n) is 14.9. The summed E-state index contributed by atoms with van der Waals surface area (Å²) in [6.07, 6.45) is 0.827. The van der Waals surface area contributed by atoms with Crippen molar-refractivity contribution < 1.29 is 18.7 Å². The van der Waals surface area contributed by atoms with Crippen LogP contribution in [-0.2, 0) is 0 Å². The summed E-state index contributed by atoms with van der Waals surface area (Å²) in [6, 6.07) is 13.9. The van der Waals surface area contributed by atoms with E-state index in [0.717, 1.165) is 12.0 Å². The van der Waals surface area contributed by atoms with Gasteiger partial charge in [0.1, 0.15) is 11.1 Å². The van der Waals surface area contributed by atoms with Gasteiger partial charge < -0.3 is 19.2 Å². The highest BCUT2D eigenvalue weighted by molar-refractivity contribution is 5.96. The molecule has 2 heterocycles. The lowest BCUT2D eigenvalue weighted by atomic mass is 10.1. The van der Waals surface area contributed by atoms with Gasteiger partial charge in [-0.05, 0) is 36.8 Å². The summed E-state index contributed by atoms with van der Waals surface area (Å²) in [5.74, 6) is 0.885. The molecule has 1 aliphatic rings. The van der Waals surface area contributed by atoms with Gasteiger partial charge in [0.05, 0.1) is 19.3 Å². The van der Waals surface area contributed by atoms with E-state index in [4.69, 9.17) is 13.9 Å². The molecule has 0 fully saturated rings. The average molecular weight is 365 g/mol. The lowest BCUT2D eigenvalue weighted by Crippen LogP contribution is -2.30. The van der Waals surface area contributed by atoms with Crippen LogP contribution in [0.5, 0.6) is 11.5 Å². The number of fused-ring (bicyclic) bond motifs is 2. The van der Waals surface area contributed by atoms with Crippen LogP contribution in [0.2, 0.25) is 0 Å². The Kier molecular flexibility index (Phi) is 4.54. The summed E-state index contributed by atoms with van der Waals surface area (Å²) in [7, 11) is 0. The monoisotopic (exact) mass is 365 g/mol. The van der Waals surface area contributed by atoms with Gasteiger partial charge in [-0.1, -0.05) is 24.3 Å². The zero-order chi connectivity index (χ0) is 18.8. The number of carbonyl (C=O) groups is 1. The predicted molar refractivity (Wildman–Crippen MR) is 100 cm³/mol. The van der Waals surface area contributed by atoms with Crippen molar-refractivity contribution in [1.82, 2.24) is 5.32 Å². The molecule has 6 heteroatoms. The Labute approximate surface area is 155 Å². The van der Waals surface area contributed by atoms with E-state index in [2.05, 4.69) is 5.32 Å². The summed E-state index contributed by atoms with van der Waals surface area (Å²) in [4.78, 5) is 24.8. The van der Waals surface area contributed by atoms with Crippen molar-refractivity contribution in [1.29, 1.82) is 0 Å². The fourth-order valence-corrected chi connectivity index (χ4v) is 3.03. The maximum absolute atomic E-state index is 12.6. The molecule has 6 nitrogen and oxygen atoms in total. The first kappa shape index (κ1) is 17.1. The number of carbonyl (C=O) groups excluding carboxylic acids is 1. The second-order valence-electron chi connectivity index (χ2n) is 6.44. The average Bonchev–Trinajstić information content (AvgIpc) is 2.92. The summed E-state index contributed by atoms with van der Waals surface area (Å²) in [5.41, 5.74) is 0.639. The molecule has 0 saturated heterocycles.